The van der Waals surface area contributed by atoms with E-state index in [0.717, 1.165) is 5.25 Å². The SMILES string of the molecule is NC1(C2CCCS2)CCCC1. The van der Waals surface area contributed by atoms with Gasteiger partial charge in [0, 0.05) is 10.8 Å². The van der Waals surface area contributed by atoms with Crippen molar-refractivity contribution in [1.82, 2.24) is 0 Å². The lowest BCUT2D eigenvalue weighted by molar-refractivity contribution is 0.413. The van der Waals surface area contributed by atoms with Gasteiger partial charge in [0.05, 0.1) is 0 Å². The molecule has 64 valence electrons. The van der Waals surface area contributed by atoms with E-state index >= 15 is 0 Å². The number of rotatable bonds is 1. The van der Waals surface area contributed by atoms with Crippen LogP contribution in [0.15, 0.2) is 0 Å². The van der Waals surface area contributed by atoms with Crippen LogP contribution in [0.25, 0.3) is 0 Å². The van der Waals surface area contributed by atoms with Crippen LogP contribution in [0, 0.1) is 0 Å². The molecule has 2 rings (SSSR count). The van der Waals surface area contributed by atoms with Crippen molar-refractivity contribution in [1.29, 1.82) is 0 Å². The highest BCUT2D eigenvalue weighted by Gasteiger charge is 2.39. The second-order valence-electron chi connectivity index (χ2n) is 3.94. The van der Waals surface area contributed by atoms with Gasteiger partial charge in [0.15, 0.2) is 0 Å². The molecular weight excluding hydrogens is 154 g/mol. The van der Waals surface area contributed by atoms with E-state index in [1.807, 2.05) is 0 Å². The van der Waals surface area contributed by atoms with Crippen LogP contribution in [-0.4, -0.2) is 16.5 Å². The molecule has 1 heterocycles. The summed E-state index contributed by atoms with van der Waals surface area (Å²) in [7, 11) is 0. The third-order valence-electron chi connectivity index (χ3n) is 3.11. The Morgan fingerprint density at radius 2 is 1.91 bits per heavy atom. The lowest BCUT2D eigenvalue weighted by Crippen LogP contribution is -2.45. The second kappa shape index (κ2) is 2.98. The maximum atomic E-state index is 6.34. The average molecular weight is 171 g/mol. The Morgan fingerprint density at radius 1 is 1.18 bits per heavy atom. The third-order valence-corrected chi connectivity index (χ3v) is 4.74. The molecule has 2 fully saturated rings. The molecule has 0 aromatic carbocycles. The first-order valence-corrected chi connectivity index (χ1v) is 5.77. The number of thioether (sulfide) groups is 1. The topological polar surface area (TPSA) is 26.0 Å². The second-order valence-corrected chi connectivity index (χ2v) is 5.25. The largest absolute Gasteiger partial charge is 0.324 e. The van der Waals surface area contributed by atoms with Gasteiger partial charge in [-0.3, -0.25) is 0 Å². The van der Waals surface area contributed by atoms with E-state index in [1.165, 1.54) is 44.3 Å². The summed E-state index contributed by atoms with van der Waals surface area (Å²) in [5.74, 6) is 1.35. The molecule has 2 heteroatoms. The van der Waals surface area contributed by atoms with Gasteiger partial charge >= 0.3 is 0 Å². The maximum absolute atomic E-state index is 6.34. The first kappa shape index (κ1) is 7.93. The van der Waals surface area contributed by atoms with Crippen molar-refractivity contribution < 1.29 is 0 Å². The predicted molar refractivity (Wildman–Crippen MR) is 50.9 cm³/mol. The number of nitrogens with two attached hydrogens (primary N) is 1. The summed E-state index contributed by atoms with van der Waals surface area (Å²) in [5, 5.41) is 0.796. The minimum Gasteiger partial charge on any atom is -0.324 e. The molecule has 2 N–H and O–H groups in total. The van der Waals surface area contributed by atoms with Crippen LogP contribution >= 0.6 is 11.8 Å². The highest BCUT2D eigenvalue weighted by molar-refractivity contribution is 8.00. The van der Waals surface area contributed by atoms with E-state index in [2.05, 4.69) is 11.8 Å². The Hall–Kier alpha value is 0.310. The minimum absolute atomic E-state index is 0.237. The van der Waals surface area contributed by atoms with E-state index < -0.39 is 0 Å². The molecule has 0 radical (unpaired) electrons. The summed E-state index contributed by atoms with van der Waals surface area (Å²) in [6.07, 6.45) is 8.08. The first-order chi connectivity index (χ1) is 5.31. The van der Waals surface area contributed by atoms with Crippen LogP contribution < -0.4 is 5.73 Å². The van der Waals surface area contributed by atoms with E-state index in [0.29, 0.717) is 0 Å². The summed E-state index contributed by atoms with van der Waals surface area (Å²) >= 11 is 2.11. The van der Waals surface area contributed by atoms with E-state index in [9.17, 15) is 0 Å². The van der Waals surface area contributed by atoms with Crippen LogP contribution in [0.5, 0.6) is 0 Å². The molecule has 0 amide bonds. The molecule has 1 atom stereocenters. The fourth-order valence-electron chi connectivity index (χ4n) is 2.39. The van der Waals surface area contributed by atoms with Gasteiger partial charge in [-0.15, -0.1) is 0 Å². The van der Waals surface area contributed by atoms with Crippen LogP contribution in [-0.2, 0) is 0 Å². The summed E-state index contributed by atoms with van der Waals surface area (Å²) in [4.78, 5) is 0. The van der Waals surface area contributed by atoms with E-state index in [-0.39, 0.29) is 5.54 Å². The molecule has 1 saturated carbocycles. The smallest absolute Gasteiger partial charge is 0.0274 e. The Morgan fingerprint density at radius 3 is 2.45 bits per heavy atom. The number of hydrogen-bond acceptors (Lipinski definition) is 2. The molecular formula is C9H17NS. The molecule has 2 aliphatic rings. The summed E-state index contributed by atoms with van der Waals surface area (Å²) < 4.78 is 0. The van der Waals surface area contributed by atoms with Crippen LogP contribution in [0.1, 0.15) is 38.5 Å². The van der Waals surface area contributed by atoms with Gasteiger partial charge < -0.3 is 5.73 Å². The summed E-state index contributed by atoms with van der Waals surface area (Å²) in [5.41, 5.74) is 6.58. The van der Waals surface area contributed by atoms with Crippen LogP contribution in [0.4, 0.5) is 0 Å². The highest BCUT2D eigenvalue weighted by atomic mass is 32.2. The van der Waals surface area contributed by atoms with Crippen molar-refractivity contribution in [2.24, 2.45) is 5.73 Å². The number of hydrogen-bond donors (Lipinski definition) is 1. The van der Waals surface area contributed by atoms with E-state index in [1.54, 1.807) is 0 Å². The molecule has 1 aliphatic heterocycles. The minimum atomic E-state index is 0.237. The molecule has 1 saturated heterocycles. The molecule has 0 aromatic heterocycles. The van der Waals surface area contributed by atoms with Gasteiger partial charge in [-0.05, 0) is 31.4 Å². The average Bonchev–Trinajstić information content (AvgIpc) is 2.55. The molecule has 11 heavy (non-hydrogen) atoms. The molecule has 1 nitrogen and oxygen atoms in total. The third kappa shape index (κ3) is 1.43. The fourth-order valence-corrected chi connectivity index (χ4v) is 3.91. The Bertz CT molecular complexity index is 134. The predicted octanol–water partition coefficient (Wildman–Crippen LogP) is 2.15. The molecule has 0 bridgehead atoms. The van der Waals surface area contributed by atoms with Crippen LogP contribution in [0.3, 0.4) is 0 Å². The standard InChI is InChI=1S/C9H17NS/c10-9(5-1-2-6-9)8-4-3-7-11-8/h8H,1-7,10H2. The van der Waals surface area contributed by atoms with Crippen molar-refractivity contribution in [2.45, 2.75) is 49.3 Å². The molecule has 0 spiro atoms. The monoisotopic (exact) mass is 171 g/mol. The Balaban J connectivity index is 2.00. The van der Waals surface area contributed by atoms with Gasteiger partial charge in [0.25, 0.3) is 0 Å². The van der Waals surface area contributed by atoms with Crippen molar-refractivity contribution in [3.63, 3.8) is 0 Å². The lowest BCUT2D eigenvalue weighted by Gasteiger charge is -2.29. The van der Waals surface area contributed by atoms with Gasteiger partial charge in [-0.2, -0.15) is 11.8 Å². The Labute approximate surface area is 73.1 Å². The maximum Gasteiger partial charge on any atom is 0.0274 e. The van der Waals surface area contributed by atoms with Crippen molar-refractivity contribution in [2.75, 3.05) is 5.75 Å². The lowest BCUT2D eigenvalue weighted by atomic mass is 9.92. The molecule has 0 aromatic rings. The zero-order valence-corrected chi connectivity index (χ0v) is 7.83. The van der Waals surface area contributed by atoms with Crippen molar-refractivity contribution in [3.05, 3.63) is 0 Å². The zero-order chi connectivity index (χ0) is 7.73. The van der Waals surface area contributed by atoms with Gasteiger partial charge in [0.1, 0.15) is 0 Å². The highest BCUT2D eigenvalue weighted by Crippen LogP contribution is 2.41. The normalized spacial score (nSPS) is 36.3. The van der Waals surface area contributed by atoms with Gasteiger partial charge in [0.2, 0.25) is 0 Å². The molecule has 1 aliphatic carbocycles. The summed E-state index contributed by atoms with van der Waals surface area (Å²) in [6.45, 7) is 0. The molecule has 1 unspecified atom stereocenters. The van der Waals surface area contributed by atoms with E-state index in [4.69, 9.17) is 5.73 Å². The van der Waals surface area contributed by atoms with Gasteiger partial charge in [-0.1, -0.05) is 12.8 Å². The quantitative estimate of drug-likeness (QED) is 0.654. The van der Waals surface area contributed by atoms with Crippen molar-refractivity contribution in [3.8, 4) is 0 Å². The summed E-state index contributed by atoms with van der Waals surface area (Å²) in [6, 6.07) is 0. The van der Waals surface area contributed by atoms with Crippen molar-refractivity contribution >= 4 is 11.8 Å². The zero-order valence-electron chi connectivity index (χ0n) is 7.01. The first-order valence-electron chi connectivity index (χ1n) is 4.72. The van der Waals surface area contributed by atoms with Crippen LogP contribution in [0.2, 0.25) is 0 Å². The van der Waals surface area contributed by atoms with Gasteiger partial charge in [-0.25, -0.2) is 0 Å². The fraction of sp³-hybridized carbons (Fsp3) is 1.00. The Kier molecular flexibility index (Phi) is 2.15.